The van der Waals surface area contributed by atoms with E-state index in [9.17, 15) is 43.2 Å². The maximum Gasteiger partial charge on any atom is 0.472 e. The standard InChI is InChI=1S/C77H150O17P2/c1-7-9-11-13-15-17-19-21-23-24-26-28-32-36-42-49-55-61-76(81)93-72(65-87-74(79)59-53-47-41-35-31-27-25-22-20-18-16-14-12-10-8-2)67-91-95(83,84)89-63-71(78)64-90-96(85,86)92-68-73(66-88-75(80)60-54-48-44-38-40-46-52-58-70(5)6)94-77(82)62-56-50-43-37-33-29-30-34-39-45-51-57-69(3)4/h69-73,78H,7-68H2,1-6H3,(H,83,84)(H,85,86)/t71-,72-,73-/m1/s1. The van der Waals surface area contributed by atoms with Crippen molar-refractivity contribution in [2.75, 3.05) is 39.6 Å². The van der Waals surface area contributed by atoms with Gasteiger partial charge in [-0.05, 0) is 37.5 Å². The van der Waals surface area contributed by atoms with Crippen molar-refractivity contribution < 1.29 is 80.2 Å². The molecule has 0 rings (SSSR count). The average molecular weight is 1410 g/mol. The van der Waals surface area contributed by atoms with Gasteiger partial charge in [0, 0.05) is 25.7 Å². The van der Waals surface area contributed by atoms with Gasteiger partial charge in [-0.25, -0.2) is 9.13 Å². The Kier molecular flexibility index (Phi) is 67.4. The van der Waals surface area contributed by atoms with Gasteiger partial charge in [-0.3, -0.25) is 37.3 Å². The van der Waals surface area contributed by atoms with Crippen molar-refractivity contribution in [3.05, 3.63) is 0 Å². The van der Waals surface area contributed by atoms with Crippen molar-refractivity contribution in [2.45, 2.75) is 419 Å². The van der Waals surface area contributed by atoms with Gasteiger partial charge < -0.3 is 33.8 Å². The number of phosphoric acid groups is 2. The number of hydrogen-bond acceptors (Lipinski definition) is 15. The summed E-state index contributed by atoms with van der Waals surface area (Å²) in [6, 6.07) is 0. The molecule has 0 aromatic rings. The first kappa shape index (κ1) is 94.1. The third-order valence-electron chi connectivity index (χ3n) is 18.0. The van der Waals surface area contributed by atoms with Crippen molar-refractivity contribution in [1.29, 1.82) is 0 Å². The molecule has 0 aromatic carbocycles. The van der Waals surface area contributed by atoms with E-state index in [2.05, 4.69) is 41.5 Å². The smallest absolute Gasteiger partial charge is 0.462 e. The molecule has 0 fully saturated rings. The van der Waals surface area contributed by atoms with Crippen LogP contribution in [0, 0.1) is 11.8 Å². The van der Waals surface area contributed by atoms with Crippen LogP contribution in [0.15, 0.2) is 0 Å². The maximum atomic E-state index is 13.1. The van der Waals surface area contributed by atoms with Crippen molar-refractivity contribution >= 4 is 39.5 Å². The van der Waals surface area contributed by atoms with Gasteiger partial charge in [-0.15, -0.1) is 0 Å². The molecular weight excluding hydrogens is 1260 g/mol. The first-order valence-corrected chi connectivity index (χ1v) is 43.0. The Morgan fingerprint density at radius 3 is 0.708 bits per heavy atom. The first-order valence-electron chi connectivity index (χ1n) is 40.0. The third-order valence-corrected chi connectivity index (χ3v) is 19.9. The molecule has 2 unspecified atom stereocenters. The highest BCUT2D eigenvalue weighted by Gasteiger charge is 2.30. The molecule has 0 bridgehead atoms. The van der Waals surface area contributed by atoms with Gasteiger partial charge in [0.2, 0.25) is 0 Å². The Balaban J connectivity index is 5.25. The largest absolute Gasteiger partial charge is 0.472 e. The summed E-state index contributed by atoms with van der Waals surface area (Å²) in [5.74, 6) is -0.643. The summed E-state index contributed by atoms with van der Waals surface area (Å²) in [5, 5.41) is 10.6. The summed E-state index contributed by atoms with van der Waals surface area (Å²) in [7, 11) is -9.91. The quantitative estimate of drug-likeness (QED) is 0.0222. The van der Waals surface area contributed by atoms with E-state index in [1.54, 1.807) is 0 Å². The molecule has 0 heterocycles. The molecule has 0 amide bonds. The van der Waals surface area contributed by atoms with E-state index in [4.69, 9.17) is 37.0 Å². The van der Waals surface area contributed by atoms with Crippen LogP contribution in [0.5, 0.6) is 0 Å². The number of aliphatic hydroxyl groups excluding tert-OH is 1. The second kappa shape index (κ2) is 68.8. The van der Waals surface area contributed by atoms with Gasteiger partial charge in [-0.1, -0.05) is 350 Å². The van der Waals surface area contributed by atoms with Crippen LogP contribution in [0.3, 0.4) is 0 Å². The van der Waals surface area contributed by atoms with E-state index < -0.39 is 97.5 Å². The van der Waals surface area contributed by atoms with Crippen LogP contribution in [0.1, 0.15) is 401 Å². The maximum absolute atomic E-state index is 13.1. The molecule has 0 radical (unpaired) electrons. The van der Waals surface area contributed by atoms with Gasteiger partial charge in [0.05, 0.1) is 26.4 Å². The third kappa shape index (κ3) is 70.5. The lowest BCUT2D eigenvalue weighted by Crippen LogP contribution is -2.30. The summed E-state index contributed by atoms with van der Waals surface area (Å²) in [6.45, 7) is 9.56. The molecule has 0 spiro atoms. The molecule has 96 heavy (non-hydrogen) atoms. The Bertz CT molecular complexity index is 1860. The summed E-state index contributed by atoms with van der Waals surface area (Å²) in [5.41, 5.74) is 0. The zero-order valence-electron chi connectivity index (χ0n) is 62.7. The average Bonchev–Trinajstić information content (AvgIpc) is 1.17. The number of rotatable bonds is 76. The number of hydrogen-bond donors (Lipinski definition) is 3. The second-order valence-electron chi connectivity index (χ2n) is 28.7. The normalized spacial score (nSPS) is 14.0. The van der Waals surface area contributed by atoms with Crippen molar-refractivity contribution in [2.24, 2.45) is 11.8 Å². The number of carbonyl (C=O) groups excluding carboxylic acids is 4. The monoisotopic (exact) mass is 1410 g/mol. The Morgan fingerprint density at radius 2 is 0.479 bits per heavy atom. The minimum absolute atomic E-state index is 0.106. The lowest BCUT2D eigenvalue weighted by atomic mass is 10.0. The molecule has 19 heteroatoms. The number of carbonyl (C=O) groups is 4. The molecule has 0 saturated heterocycles. The summed E-state index contributed by atoms with van der Waals surface area (Å²) in [6.07, 6.45) is 56.9. The summed E-state index contributed by atoms with van der Waals surface area (Å²) >= 11 is 0. The highest BCUT2D eigenvalue weighted by molar-refractivity contribution is 7.47. The van der Waals surface area contributed by atoms with Crippen LogP contribution in [0.4, 0.5) is 0 Å². The predicted octanol–water partition coefficient (Wildman–Crippen LogP) is 22.7. The van der Waals surface area contributed by atoms with Crippen LogP contribution in [-0.2, 0) is 65.4 Å². The number of esters is 4. The van der Waals surface area contributed by atoms with Crippen molar-refractivity contribution in [3.8, 4) is 0 Å². The Hall–Kier alpha value is -1.94. The highest BCUT2D eigenvalue weighted by Crippen LogP contribution is 2.45. The molecule has 0 aliphatic rings. The molecule has 0 saturated carbocycles. The lowest BCUT2D eigenvalue weighted by molar-refractivity contribution is -0.161. The van der Waals surface area contributed by atoms with E-state index in [1.165, 1.54) is 212 Å². The molecule has 570 valence electrons. The molecule has 0 aromatic heterocycles. The van der Waals surface area contributed by atoms with Crippen LogP contribution >= 0.6 is 15.6 Å². The fourth-order valence-corrected chi connectivity index (χ4v) is 13.4. The molecule has 17 nitrogen and oxygen atoms in total. The predicted molar refractivity (Wildman–Crippen MR) is 391 cm³/mol. The fraction of sp³-hybridized carbons (Fsp3) is 0.948. The van der Waals surface area contributed by atoms with E-state index in [0.717, 1.165) is 102 Å². The van der Waals surface area contributed by atoms with Crippen LogP contribution in [0.25, 0.3) is 0 Å². The molecular formula is C77H150O17P2. The molecule has 5 atom stereocenters. The van der Waals surface area contributed by atoms with Gasteiger partial charge in [0.15, 0.2) is 12.2 Å². The number of unbranched alkanes of at least 4 members (excludes halogenated alkanes) is 46. The molecule has 0 aliphatic carbocycles. The lowest BCUT2D eigenvalue weighted by Gasteiger charge is -2.21. The summed E-state index contributed by atoms with van der Waals surface area (Å²) < 4.78 is 68.6. The van der Waals surface area contributed by atoms with Crippen LogP contribution in [-0.4, -0.2) is 96.7 Å². The Morgan fingerprint density at radius 1 is 0.281 bits per heavy atom. The van der Waals surface area contributed by atoms with Crippen LogP contribution < -0.4 is 0 Å². The van der Waals surface area contributed by atoms with Crippen molar-refractivity contribution in [1.82, 2.24) is 0 Å². The molecule has 0 aliphatic heterocycles. The number of aliphatic hydroxyl groups is 1. The first-order chi connectivity index (χ1) is 46.4. The topological polar surface area (TPSA) is 237 Å². The molecule has 3 N–H and O–H groups in total. The minimum Gasteiger partial charge on any atom is -0.462 e. The van der Waals surface area contributed by atoms with Gasteiger partial charge >= 0.3 is 39.5 Å². The number of ether oxygens (including phenoxy) is 4. The minimum atomic E-state index is -4.96. The Labute approximate surface area is 588 Å². The van der Waals surface area contributed by atoms with Crippen molar-refractivity contribution in [3.63, 3.8) is 0 Å². The van der Waals surface area contributed by atoms with E-state index in [-0.39, 0.29) is 25.7 Å². The zero-order valence-corrected chi connectivity index (χ0v) is 64.5. The fourth-order valence-electron chi connectivity index (χ4n) is 11.8. The van der Waals surface area contributed by atoms with Crippen LogP contribution in [0.2, 0.25) is 0 Å². The highest BCUT2D eigenvalue weighted by atomic mass is 31.2. The van der Waals surface area contributed by atoms with Gasteiger partial charge in [0.1, 0.15) is 19.3 Å². The second-order valence-corrected chi connectivity index (χ2v) is 31.6. The van der Waals surface area contributed by atoms with E-state index in [0.29, 0.717) is 31.6 Å². The number of phosphoric ester groups is 2. The SMILES string of the molecule is CCCCCCCCCCCCCCCCCCCC(=O)O[C@H](COC(=O)CCCCCCCCCCCCCCCCC)COP(=O)(O)OC[C@@H](O)COP(=O)(O)OC[C@@H](COC(=O)CCCCCCCCCC(C)C)OC(=O)CCCCCCCCCCCCCC(C)C. The van der Waals surface area contributed by atoms with Gasteiger partial charge in [0.25, 0.3) is 0 Å². The van der Waals surface area contributed by atoms with E-state index >= 15 is 0 Å². The van der Waals surface area contributed by atoms with E-state index in [1.807, 2.05) is 0 Å². The summed E-state index contributed by atoms with van der Waals surface area (Å²) in [4.78, 5) is 72.9. The zero-order chi connectivity index (χ0) is 70.7. The van der Waals surface area contributed by atoms with Gasteiger partial charge in [-0.2, -0.15) is 0 Å².